The number of aryl methyl sites for hydroxylation is 2. The normalized spacial score (nSPS) is 11.3. The van der Waals surface area contributed by atoms with Gasteiger partial charge in [0.15, 0.2) is 0 Å². The van der Waals surface area contributed by atoms with Gasteiger partial charge in [-0.25, -0.2) is 4.79 Å². The molecule has 0 spiro atoms. The first-order chi connectivity index (χ1) is 20.7. The molecule has 0 atom stereocenters. The number of hydrogen-bond acceptors (Lipinski definition) is 9. The third kappa shape index (κ3) is 6.25. The zero-order valence-electron chi connectivity index (χ0n) is 23.3. The summed E-state index contributed by atoms with van der Waals surface area (Å²) < 4.78 is 11.9. The van der Waals surface area contributed by atoms with Crippen molar-refractivity contribution in [2.24, 2.45) is 5.10 Å². The van der Waals surface area contributed by atoms with Gasteiger partial charge in [0.25, 0.3) is 5.69 Å². The average Bonchev–Trinajstić information content (AvgIpc) is 3.01. The first kappa shape index (κ1) is 28.7. The molecule has 216 valence electrons. The summed E-state index contributed by atoms with van der Waals surface area (Å²) in [6.45, 7) is 3.66. The van der Waals surface area contributed by atoms with Gasteiger partial charge >= 0.3 is 11.3 Å². The molecule has 1 heterocycles. The quantitative estimate of drug-likeness (QED) is 0.0831. The molecule has 11 nitrogen and oxygen atoms in total. The molecule has 43 heavy (non-hydrogen) atoms. The van der Waals surface area contributed by atoms with Crippen LogP contribution in [0, 0.1) is 34.1 Å². The summed E-state index contributed by atoms with van der Waals surface area (Å²) in [7, 11) is 0. The zero-order valence-corrected chi connectivity index (χ0v) is 23.3. The second kappa shape index (κ2) is 12.4. The molecule has 4 aromatic carbocycles. The predicted octanol–water partition coefficient (Wildman–Crippen LogP) is 6.71. The second-order valence-corrected chi connectivity index (χ2v) is 9.76. The zero-order chi connectivity index (χ0) is 30.5. The molecule has 11 heteroatoms. The van der Waals surface area contributed by atoms with Crippen LogP contribution in [0.15, 0.2) is 105 Å². The van der Waals surface area contributed by atoms with Gasteiger partial charge in [0.2, 0.25) is 0 Å². The fraction of sp³-hybridized carbons (Fsp3) is 0.125. The Morgan fingerprint density at radius 3 is 2.26 bits per heavy atom. The van der Waals surface area contributed by atoms with E-state index in [1.54, 1.807) is 25.1 Å². The topological polar surface area (TPSA) is 150 Å². The molecule has 0 unspecified atom stereocenters. The maximum Gasteiger partial charge on any atom is 0.340 e. The number of non-ortho nitro benzene ring substituents is 1. The monoisotopic (exact) mass is 578 g/mol. The summed E-state index contributed by atoms with van der Waals surface area (Å²) in [5.74, 6) is 0.468. The van der Waals surface area contributed by atoms with Gasteiger partial charge in [0.1, 0.15) is 29.3 Å². The van der Waals surface area contributed by atoms with Crippen LogP contribution in [0.3, 0.4) is 0 Å². The predicted molar refractivity (Wildman–Crippen MR) is 163 cm³/mol. The van der Waals surface area contributed by atoms with E-state index in [0.29, 0.717) is 40.2 Å². The molecule has 0 aliphatic heterocycles. The van der Waals surface area contributed by atoms with Gasteiger partial charge < -0.3 is 9.15 Å². The summed E-state index contributed by atoms with van der Waals surface area (Å²) in [5.41, 5.74) is 5.93. The van der Waals surface area contributed by atoms with E-state index in [1.165, 1.54) is 6.07 Å². The Hall–Kier alpha value is -5.84. The van der Waals surface area contributed by atoms with Crippen molar-refractivity contribution in [1.29, 1.82) is 0 Å². The smallest absolute Gasteiger partial charge is 0.340 e. The van der Waals surface area contributed by atoms with E-state index in [0.717, 1.165) is 28.6 Å². The molecule has 0 aliphatic rings. The highest BCUT2D eigenvalue weighted by Crippen LogP contribution is 2.31. The van der Waals surface area contributed by atoms with Crippen LogP contribution < -0.4 is 15.8 Å². The minimum Gasteiger partial charge on any atom is -0.487 e. The van der Waals surface area contributed by atoms with Crippen molar-refractivity contribution >= 4 is 33.7 Å². The number of ether oxygens (including phenoxy) is 1. The number of anilines is 1. The lowest BCUT2D eigenvalue weighted by Crippen LogP contribution is -2.16. The maximum absolute atomic E-state index is 13.0. The molecule has 0 aliphatic carbocycles. The van der Waals surface area contributed by atoms with Gasteiger partial charge in [-0.3, -0.25) is 25.7 Å². The summed E-state index contributed by atoms with van der Waals surface area (Å²) in [6.07, 6.45) is 0.457. The number of benzene rings is 4. The molecule has 0 amide bonds. The summed E-state index contributed by atoms with van der Waals surface area (Å²) in [6, 6.07) is 25.7. The van der Waals surface area contributed by atoms with E-state index in [1.807, 2.05) is 61.5 Å². The van der Waals surface area contributed by atoms with E-state index in [-0.39, 0.29) is 12.3 Å². The van der Waals surface area contributed by atoms with Crippen molar-refractivity contribution in [1.82, 2.24) is 0 Å². The molecule has 5 rings (SSSR count). The van der Waals surface area contributed by atoms with E-state index >= 15 is 0 Å². The fourth-order valence-corrected chi connectivity index (χ4v) is 4.70. The van der Waals surface area contributed by atoms with Gasteiger partial charge in [-0.05, 0) is 43.2 Å². The van der Waals surface area contributed by atoms with E-state index < -0.39 is 26.8 Å². The first-order valence-electron chi connectivity index (χ1n) is 13.3. The number of fused-ring (bicyclic) bond motifs is 1. The van der Waals surface area contributed by atoms with Crippen molar-refractivity contribution in [2.75, 3.05) is 12.0 Å². The number of hydrogen-bond donors (Lipinski definition) is 1. The van der Waals surface area contributed by atoms with Crippen molar-refractivity contribution in [3.8, 4) is 5.75 Å². The number of hydrazone groups is 1. The second-order valence-electron chi connectivity index (χ2n) is 9.76. The molecular formula is C32H26N4O7. The van der Waals surface area contributed by atoms with Crippen LogP contribution in [0.4, 0.5) is 17.1 Å². The van der Waals surface area contributed by atoms with Crippen LogP contribution in [0.5, 0.6) is 5.75 Å². The third-order valence-electron chi connectivity index (χ3n) is 7.05. The first-order valence-corrected chi connectivity index (χ1v) is 13.3. The van der Waals surface area contributed by atoms with E-state index in [4.69, 9.17) is 9.15 Å². The van der Waals surface area contributed by atoms with Crippen molar-refractivity contribution in [2.45, 2.75) is 20.3 Å². The Morgan fingerprint density at radius 1 is 0.884 bits per heavy atom. The van der Waals surface area contributed by atoms with E-state index in [9.17, 15) is 25.0 Å². The molecule has 0 radical (unpaired) electrons. The van der Waals surface area contributed by atoms with Crippen LogP contribution in [-0.2, 0) is 6.42 Å². The number of nitro groups is 2. The van der Waals surface area contributed by atoms with E-state index in [2.05, 4.69) is 10.5 Å². The summed E-state index contributed by atoms with van der Waals surface area (Å²) in [5, 5.41) is 27.8. The highest BCUT2D eigenvalue weighted by molar-refractivity contribution is 6.02. The Kier molecular flexibility index (Phi) is 8.24. The largest absolute Gasteiger partial charge is 0.487 e. The SMILES string of the molecule is Cc1c(Cc2ccccc2)c(=O)oc2c(C)c(OC/C(=N\Nc3ccc([N+](=O)[O-])cc3[N+](=O)[O-])c3ccccc3)ccc12. The average molecular weight is 579 g/mol. The number of nitrogens with one attached hydrogen (secondary N) is 1. The minimum absolute atomic E-state index is 0.0190. The molecule has 1 aromatic heterocycles. The number of nitrogens with zero attached hydrogens (tertiary/aromatic N) is 3. The molecule has 0 fully saturated rings. The lowest BCUT2D eigenvalue weighted by Gasteiger charge is -2.14. The highest BCUT2D eigenvalue weighted by atomic mass is 16.6. The number of rotatable bonds is 10. The standard InChI is InChI=1S/C32H26N4O7/c1-20-25-14-16-30(21(2)31(25)43-32(37)26(20)17-22-9-5-3-6-10-22)42-19-28(23-11-7-4-8-12-23)34-33-27-15-13-24(35(38)39)18-29(27)36(40)41/h3-16,18,33H,17,19H2,1-2H3/b34-28+. The lowest BCUT2D eigenvalue weighted by atomic mass is 9.98. The van der Waals surface area contributed by atoms with Crippen LogP contribution in [0.1, 0.15) is 27.8 Å². The third-order valence-corrected chi connectivity index (χ3v) is 7.05. The Morgan fingerprint density at radius 2 is 1.58 bits per heavy atom. The molecule has 0 bridgehead atoms. The number of nitro benzene ring substituents is 2. The van der Waals surface area contributed by atoms with Gasteiger partial charge in [-0.15, -0.1) is 0 Å². The lowest BCUT2D eigenvalue weighted by molar-refractivity contribution is -0.393. The van der Waals surface area contributed by atoms with Crippen LogP contribution >= 0.6 is 0 Å². The molecular weight excluding hydrogens is 552 g/mol. The van der Waals surface area contributed by atoms with Crippen molar-refractivity contribution in [3.05, 3.63) is 149 Å². The van der Waals surface area contributed by atoms with Crippen LogP contribution in [-0.4, -0.2) is 22.2 Å². The minimum atomic E-state index is -0.719. The maximum atomic E-state index is 13.0. The molecule has 0 saturated carbocycles. The van der Waals surface area contributed by atoms with Crippen molar-refractivity contribution in [3.63, 3.8) is 0 Å². The summed E-state index contributed by atoms with van der Waals surface area (Å²) >= 11 is 0. The Balaban J connectivity index is 1.44. The molecule has 1 N–H and O–H groups in total. The Labute approximate surface area is 245 Å². The fourth-order valence-electron chi connectivity index (χ4n) is 4.70. The molecule has 0 saturated heterocycles. The van der Waals surface area contributed by atoms with Crippen molar-refractivity contribution < 1.29 is 19.0 Å². The highest BCUT2D eigenvalue weighted by Gasteiger charge is 2.20. The van der Waals surface area contributed by atoms with Gasteiger partial charge in [0.05, 0.1) is 15.9 Å². The van der Waals surface area contributed by atoms with Gasteiger partial charge in [-0.2, -0.15) is 5.10 Å². The summed E-state index contributed by atoms with van der Waals surface area (Å²) in [4.78, 5) is 34.2. The van der Waals surface area contributed by atoms with Gasteiger partial charge in [0, 0.05) is 34.6 Å². The van der Waals surface area contributed by atoms with Gasteiger partial charge in [-0.1, -0.05) is 60.7 Å². The Bertz CT molecular complexity index is 1920. The van der Waals surface area contributed by atoms with Crippen LogP contribution in [0.25, 0.3) is 11.0 Å². The molecule has 5 aromatic rings. The van der Waals surface area contributed by atoms with Crippen LogP contribution in [0.2, 0.25) is 0 Å².